The van der Waals surface area contributed by atoms with Crippen LogP contribution in [0.4, 0.5) is 20.4 Å². The van der Waals surface area contributed by atoms with Gasteiger partial charge in [-0.15, -0.1) is 0 Å². The second-order valence-electron chi connectivity index (χ2n) is 14.7. The van der Waals surface area contributed by atoms with E-state index in [9.17, 15) is 4.39 Å². The lowest BCUT2D eigenvalue weighted by Gasteiger charge is -2.34. The molecule has 2 unspecified atom stereocenters. The highest BCUT2D eigenvalue weighted by atomic mass is 35.5. The molecule has 2 saturated heterocycles. The zero-order valence-corrected chi connectivity index (χ0v) is 32.1. The Morgan fingerprint density at radius 1 is 0.982 bits per heavy atom. The normalized spacial score (nSPS) is 21.2. The van der Waals surface area contributed by atoms with Crippen molar-refractivity contribution in [1.82, 2.24) is 24.8 Å². The number of methoxy groups -OCH3 is 2. The molecule has 0 radical (unpaired) electrons. The molecule has 2 aromatic carbocycles. The van der Waals surface area contributed by atoms with Gasteiger partial charge in [-0.3, -0.25) is 4.90 Å². The third kappa shape index (κ3) is 7.27. The third-order valence-corrected chi connectivity index (χ3v) is 11.3. The number of benzene rings is 2. The Balaban J connectivity index is 1.19. The Morgan fingerprint density at radius 3 is 2.35 bits per heavy atom. The molecule has 8 rings (SSSR count). The van der Waals surface area contributed by atoms with Crippen molar-refractivity contribution in [2.75, 3.05) is 50.3 Å². The van der Waals surface area contributed by atoms with E-state index in [1.54, 1.807) is 20.4 Å². The molecule has 2 fully saturated rings. The molecule has 0 N–H and O–H groups in total. The molecule has 0 amide bonds. The Kier molecular flexibility index (Phi) is 10.2. The maximum absolute atomic E-state index is 16.0. The van der Waals surface area contributed by atoms with Crippen LogP contribution in [0.3, 0.4) is 0 Å². The number of halogens is 3. The van der Waals surface area contributed by atoms with Crippen LogP contribution in [0.5, 0.6) is 23.4 Å². The van der Waals surface area contributed by atoms with E-state index in [4.69, 9.17) is 40.5 Å². The summed E-state index contributed by atoms with van der Waals surface area (Å²) in [4.78, 5) is 25.2. The Morgan fingerprint density at radius 2 is 1.67 bits per heavy atom. The molecule has 0 saturated carbocycles. The van der Waals surface area contributed by atoms with Gasteiger partial charge in [-0.25, -0.2) is 13.8 Å². The van der Waals surface area contributed by atoms with Crippen molar-refractivity contribution >= 4 is 34.1 Å². The summed E-state index contributed by atoms with van der Waals surface area (Å²) in [5, 5.41) is -0.0553. The van der Waals surface area contributed by atoms with Gasteiger partial charge in [0.1, 0.15) is 52.9 Å². The number of pyridine rings is 2. The van der Waals surface area contributed by atoms with E-state index in [1.165, 1.54) is 0 Å². The van der Waals surface area contributed by atoms with Gasteiger partial charge in [0.05, 0.1) is 32.3 Å². The lowest BCUT2D eigenvalue weighted by atomic mass is 9.95. The van der Waals surface area contributed by atoms with E-state index in [1.807, 2.05) is 61.5 Å². The molecule has 6 heterocycles. The second kappa shape index (κ2) is 15.3. The second-order valence-corrected chi connectivity index (χ2v) is 15.0. The van der Waals surface area contributed by atoms with Crippen LogP contribution in [-0.2, 0) is 13.1 Å². The van der Waals surface area contributed by atoms with E-state index in [-0.39, 0.29) is 41.3 Å². The largest absolute Gasteiger partial charge is 0.497 e. The lowest BCUT2D eigenvalue weighted by molar-refractivity contribution is 0.107. The number of rotatable bonds is 12. The van der Waals surface area contributed by atoms with Crippen molar-refractivity contribution in [2.24, 2.45) is 0 Å². The number of nitrogens with zero attached hydrogens (tertiary/aromatic N) is 7. The first kappa shape index (κ1) is 36.9. The van der Waals surface area contributed by atoms with Gasteiger partial charge in [0.25, 0.3) is 0 Å². The van der Waals surface area contributed by atoms with Gasteiger partial charge < -0.3 is 28.7 Å². The van der Waals surface area contributed by atoms with Crippen molar-refractivity contribution in [1.29, 1.82) is 0 Å². The molecule has 3 aromatic heterocycles. The number of ether oxygens (including phenoxy) is 4. The molecule has 5 aromatic rings. The van der Waals surface area contributed by atoms with E-state index < -0.39 is 17.5 Å². The number of aromatic nitrogens is 4. The zero-order valence-electron chi connectivity index (χ0n) is 31.3. The third-order valence-electron chi connectivity index (χ3n) is 11.0. The molecule has 0 spiro atoms. The highest BCUT2D eigenvalue weighted by molar-refractivity contribution is 6.30. The minimum atomic E-state index is -0.923. The van der Waals surface area contributed by atoms with Crippen LogP contribution in [0.25, 0.3) is 10.9 Å². The summed E-state index contributed by atoms with van der Waals surface area (Å²) in [7, 11) is 3.30. The summed E-state index contributed by atoms with van der Waals surface area (Å²) >= 11 is 6.33. The van der Waals surface area contributed by atoms with E-state index in [2.05, 4.69) is 37.7 Å². The Labute approximate surface area is 324 Å². The quantitative estimate of drug-likeness (QED) is 0.117. The summed E-state index contributed by atoms with van der Waals surface area (Å²) in [5.41, 5.74) is 2.56. The fourth-order valence-electron chi connectivity index (χ4n) is 8.29. The van der Waals surface area contributed by atoms with Crippen LogP contribution in [0, 0.1) is 5.82 Å². The van der Waals surface area contributed by atoms with Crippen LogP contribution in [0.2, 0.25) is 5.15 Å². The highest BCUT2D eigenvalue weighted by Gasteiger charge is 2.49. The first-order chi connectivity index (χ1) is 26.6. The van der Waals surface area contributed by atoms with Crippen molar-refractivity contribution in [2.45, 2.75) is 70.1 Å². The molecule has 11 nitrogen and oxygen atoms in total. The van der Waals surface area contributed by atoms with E-state index in [0.29, 0.717) is 43.8 Å². The SMILES string of the molecule is COc1ccc(CN(Cc2ccc(OC)cc2)c2ncccc2C(C)N2CC(C)Oc3nc(Cl)c(F)c4nc(OC[C@@]56CCCN5C[C@H](F)C6)nc2c34)cc1. The van der Waals surface area contributed by atoms with Crippen molar-refractivity contribution in [3.63, 3.8) is 0 Å². The molecule has 3 aliphatic rings. The topological polar surface area (TPSA) is 98.2 Å². The van der Waals surface area contributed by atoms with Crippen molar-refractivity contribution < 1.29 is 27.7 Å². The molecule has 14 heteroatoms. The van der Waals surface area contributed by atoms with Gasteiger partial charge in [0, 0.05) is 37.8 Å². The number of fused-ring (bicyclic) bond motifs is 1. The smallest absolute Gasteiger partial charge is 0.319 e. The van der Waals surface area contributed by atoms with Gasteiger partial charge in [-0.1, -0.05) is 41.9 Å². The van der Waals surface area contributed by atoms with Gasteiger partial charge in [-0.2, -0.15) is 15.0 Å². The molecule has 3 aliphatic heterocycles. The first-order valence-corrected chi connectivity index (χ1v) is 19.0. The Hall–Kier alpha value is -5.01. The van der Waals surface area contributed by atoms with Crippen LogP contribution < -0.4 is 28.7 Å². The summed E-state index contributed by atoms with van der Waals surface area (Å²) in [6.07, 6.45) is 2.62. The maximum Gasteiger partial charge on any atom is 0.319 e. The maximum atomic E-state index is 16.0. The van der Waals surface area contributed by atoms with Gasteiger partial charge in [0.15, 0.2) is 11.0 Å². The monoisotopic (exact) mass is 771 g/mol. The van der Waals surface area contributed by atoms with Crippen LogP contribution in [0.1, 0.15) is 55.8 Å². The van der Waals surface area contributed by atoms with Gasteiger partial charge >= 0.3 is 6.01 Å². The summed E-state index contributed by atoms with van der Waals surface area (Å²) in [5.74, 6) is 2.07. The molecule has 288 valence electrons. The predicted molar refractivity (Wildman–Crippen MR) is 207 cm³/mol. The van der Waals surface area contributed by atoms with Crippen molar-refractivity contribution in [3.05, 3.63) is 94.5 Å². The Bertz CT molecular complexity index is 2120. The molecular weight excluding hydrogens is 728 g/mol. The van der Waals surface area contributed by atoms with Crippen LogP contribution in [-0.4, -0.2) is 83.1 Å². The predicted octanol–water partition coefficient (Wildman–Crippen LogP) is 7.74. The average molecular weight is 772 g/mol. The fourth-order valence-corrected chi connectivity index (χ4v) is 8.46. The van der Waals surface area contributed by atoms with Crippen LogP contribution in [0.15, 0.2) is 66.9 Å². The summed E-state index contributed by atoms with van der Waals surface area (Å²) in [6.45, 7) is 6.85. The van der Waals surface area contributed by atoms with Crippen LogP contribution >= 0.6 is 11.6 Å². The van der Waals surface area contributed by atoms with Gasteiger partial charge in [0.2, 0.25) is 5.88 Å². The fraction of sp³-hybridized carbons (Fsp3) is 0.415. The van der Waals surface area contributed by atoms with E-state index >= 15 is 4.39 Å². The lowest BCUT2D eigenvalue weighted by Crippen LogP contribution is -2.43. The first-order valence-electron chi connectivity index (χ1n) is 18.6. The summed E-state index contributed by atoms with van der Waals surface area (Å²) < 4.78 is 54.0. The highest BCUT2D eigenvalue weighted by Crippen LogP contribution is 2.44. The molecular formula is C41H44ClF2N7O4. The standard InChI is InChI=1S/C41H44ClF2N7O4/c1-25-20-51(38-33-35(34(44)36(42)47-39(33)55-25)46-40(48-38)54-24-41-16-6-18-50(41)23-29(43)19-41)26(2)32-7-5-17-45-37(32)49(21-27-8-12-30(52-3)13-9-27)22-28-10-14-31(53-4)15-11-28/h5,7-15,17,25-26,29H,6,16,18-24H2,1-4H3/t25?,26?,29-,41+/m1/s1. The summed E-state index contributed by atoms with van der Waals surface area (Å²) in [6, 6.07) is 19.6. The van der Waals surface area contributed by atoms with Crippen molar-refractivity contribution in [3.8, 4) is 23.4 Å². The minimum Gasteiger partial charge on any atom is -0.497 e. The molecule has 4 atom stereocenters. The number of alkyl halides is 1. The zero-order chi connectivity index (χ0) is 38.3. The average Bonchev–Trinajstić information content (AvgIpc) is 3.68. The number of hydrogen-bond acceptors (Lipinski definition) is 11. The number of hydrogen-bond donors (Lipinski definition) is 0. The number of anilines is 2. The molecule has 55 heavy (non-hydrogen) atoms. The molecule has 0 bridgehead atoms. The van der Waals surface area contributed by atoms with Gasteiger partial charge in [-0.05, 0) is 74.7 Å². The minimum absolute atomic E-state index is 0.0167. The molecule has 0 aliphatic carbocycles. The van der Waals surface area contributed by atoms with E-state index in [0.717, 1.165) is 53.4 Å².